The van der Waals surface area contributed by atoms with Crippen LogP contribution >= 0.6 is 72.1 Å². The number of aromatic nitrogens is 4. The maximum absolute atomic E-state index is 13.2. The van der Waals surface area contributed by atoms with Crippen LogP contribution < -0.4 is 66.0 Å². The Balaban J connectivity index is 0.000000132. The summed E-state index contributed by atoms with van der Waals surface area (Å²) in [5, 5.41) is 20.5. The normalized spacial score (nSPS) is 14.9. The number of amidine groups is 1. The highest BCUT2D eigenvalue weighted by Gasteiger charge is 2.34. The third-order valence-corrected chi connectivity index (χ3v) is 29.5. The number of nitrogens with zero attached hydrogens (tertiary/aromatic N) is 3. The summed E-state index contributed by atoms with van der Waals surface area (Å²) in [5.74, 6) is 1.21. The number of aliphatic imine (C=N–C) groups is 1. The van der Waals surface area contributed by atoms with E-state index < -0.39 is 41.3 Å². The van der Waals surface area contributed by atoms with Gasteiger partial charge in [0.25, 0.3) is 10.0 Å². The van der Waals surface area contributed by atoms with E-state index in [2.05, 4.69) is 65.9 Å². The lowest BCUT2D eigenvalue weighted by Crippen LogP contribution is -2.49. The number of para-hydroxylation sites is 8. The van der Waals surface area contributed by atoms with Crippen LogP contribution in [0, 0.1) is 23.9 Å². The van der Waals surface area contributed by atoms with Crippen molar-refractivity contribution in [1.82, 2.24) is 39.6 Å². The van der Waals surface area contributed by atoms with Crippen molar-refractivity contribution in [3.05, 3.63) is 344 Å². The maximum Gasteiger partial charge on any atom is 0.258 e. The van der Waals surface area contributed by atoms with Crippen LogP contribution in [0.3, 0.4) is 0 Å². The number of alkyl halides is 2. The first-order valence-corrected chi connectivity index (χ1v) is 49.5. The Labute approximate surface area is 817 Å². The SMILES string of the molecule is CCN1c2ccccc2S(=O)(=O)NC1Cl.CN1c2ccccc2S(=O)(=O)NC1Cl.COc1ccc(OC)c2c(=S)c3ccccc3[nH]c12.Nc1ccc2c(=S)c3ccccc3[nH]c2c1.O=C(CNc1ccc2c(=S)c3ccccc3[nH]c2c1)Nc1ccccc1-c1ccccc1NC(=O)CNc1ccc2c(=S)c3ccccc3[nH]c2c1.O=S1(=O)NNC(=NCc2ccc(F)cc2)c2ccccc21. The van der Waals surface area contributed by atoms with Crippen molar-refractivity contribution in [2.24, 2.45) is 4.99 Å². The molecule has 0 aliphatic carbocycles. The predicted octanol–water partition coefficient (Wildman–Crippen LogP) is 21.7. The van der Waals surface area contributed by atoms with Gasteiger partial charge in [-0.25, -0.2) is 29.6 Å². The number of nitrogens with one attached hydrogen (secondary N) is 12. The molecular formula is C101H87Cl2FN16O10S7. The summed E-state index contributed by atoms with van der Waals surface area (Å²) in [7, 11) is -5.44. The molecule has 0 saturated heterocycles. The van der Waals surface area contributed by atoms with Crippen LogP contribution in [0.4, 0.5) is 44.2 Å². The summed E-state index contributed by atoms with van der Waals surface area (Å²) < 4.78 is 102. The lowest BCUT2D eigenvalue weighted by Gasteiger charge is -2.34. The molecule has 7 heterocycles. The standard InChI is InChI=1S/C42H32N6O2S2.C15H13NO2S.C14H12FN3O2S.C13H10N2S.C9H11ClN2O2S.C8H9ClN2O2S/c49-39(23-43-25-17-19-31-37(21-25)45-35-15-7-3-11-29(35)41(31)51)47-33-13-5-1-9-27(33)28-10-2-6-14-34(28)48-40(50)24-44-26-18-20-32-38(22-26)46-36-16-8-4-12-30(36)42(32)52;1-17-11-7-8-12(18-2)14-13(11)15(19)9-5-3-4-6-10(9)16-14;15-11-7-5-10(6-8-11)9-16-14-12-3-1-2-4-13(12)21(19,20)18-17-14;14-8-5-6-10-12(7-8)15-11-4-2-1-3-9(11)13(10)16;1-2-12-7-5-3-4-6-8(7)15(13,14)11-9(12)10;1-11-6-4-2-3-5-7(6)14(12,13)10-8(11)9/h1-22,43-44H,23-24H2,(H,45,51)(H,46,52)(H,47,49)(H,48,50);3-8H,1-2H3,(H,16,19);1-8,18H,9H2,(H,16,17);1-7H,14H2,(H,15,16);3-6,9,11H,2H2,1H3;2-5,8,10H,1H3. The van der Waals surface area contributed by atoms with Crippen molar-refractivity contribution < 1.29 is 48.7 Å². The first-order chi connectivity index (χ1) is 66.1. The van der Waals surface area contributed by atoms with Gasteiger partial charge in [-0.2, -0.15) is 9.44 Å². The van der Waals surface area contributed by atoms with E-state index in [9.17, 15) is 39.2 Å². The zero-order valence-corrected chi connectivity index (χ0v) is 80.6. The number of carbonyl (C=O) groups is 2. The minimum absolute atomic E-state index is 0.0503. The number of aromatic amines is 4. The monoisotopic (exact) mass is 2000 g/mol. The molecule has 137 heavy (non-hydrogen) atoms. The number of halogens is 3. The summed E-state index contributed by atoms with van der Waals surface area (Å²) >= 11 is 34.3. The van der Waals surface area contributed by atoms with Crippen LogP contribution in [-0.4, -0.2) is 115 Å². The number of amides is 2. The molecule has 14 aromatic carbocycles. The van der Waals surface area contributed by atoms with Crippen LogP contribution in [-0.2, 0) is 46.2 Å². The zero-order chi connectivity index (χ0) is 96.4. The van der Waals surface area contributed by atoms with E-state index in [4.69, 9.17) is 87.3 Å². The van der Waals surface area contributed by atoms with Crippen LogP contribution in [0.15, 0.2) is 329 Å². The summed E-state index contributed by atoms with van der Waals surface area (Å²) in [4.78, 5) is 50.8. The van der Waals surface area contributed by atoms with Gasteiger partial charge < -0.3 is 66.2 Å². The Morgan fingerprint density at radius 2 is 0.839 bits per heavy atom. The molecule has 0 radical (unpaired) electrons. The van der Waals surface area contributed by atoms with Gasteiger partial charge in [0.15, 0.2) is 11.2 Å². The smallest absolute Gasteiger partial charge is 0.258 e. The van der Waals surface area contributed by atoms with E-state index in [0.717, 1.165) is 151 Å². The second-order valence-corrected chi connectivity index (χ2v) is 38.7. The minimum Gasteiger partial charge on any atom is -0.496 e. The molecule has 26 nitrogen and oxygen atoms in total. The van der Waals surface area contributed by atoms with Gasteiger partial charge in [0.2, 0.25) is 31.9 Å². The van der Waals surface area contributed by atoms with E-state index in [1.807, 2.05) is 219 Å². The molecular weight excluding hydrogens is 1910 g/mol. The van der Waals surface area contributed by atoms with Crippen molar-refractivity contribution in [1.29, 1.82) is 0 Å². The van der Waals surface area contributed by atoms with E-state index in [1.54, 1.807) is 110 Å². The number of rotatable bonds is 14. The quantitative estimate of drug-likeness (QED) is 0.0158. The zero-order valence-electron chi connectivity index (χ0n) is 73.4. The van der Waals surface area contributed by atoms with Crippen LogP contribution in [0.5, 0.6) is 11.5 Å². The molecule has 14 N–H and O–H groups in total. The molecule has 21 rings (SSSR count). The Morgan fingerprint density at radius 1 is 0.438 bits per heavy atom. The first kappa shape index (κ1) is 96.0. The molecule has 2 atom stereocenters. The van der Waals surface area contributed by atoms with Crippen molar-refractivity contribution in [2.75, 3.05) is 77.7 Å². The van der Waals surface area contributed by atoms with E-state index in [-0.39, 0.29) is 45.4 Å². The van der Waals surface area contributed by atoms with Gasteiger partial charge >= 0.3 is 0 Å². The van der Waals surface area contributed by atoms with Crippen molar-refractivity contribution >= 4 is 247 Å². The molecule has 2 amide bonds. The number of ether oxygens (including phenoxy) is 2. The number of sulfonamides is 3. The van der Waals surface area contributed by atoms with Gasteiger partial charge in [-0.1, -0.05) is 230 Å². The maximum atomic E-state index is 13.2. The molecule has 3 aliphatic rings. The van der Waals surface area contributed by atoms with Crippen LogP contribution in [0.25, 0.3) is 98.4 Å². The van der Waals surface area contributed by atoms with E-state index >= 15 is 0 Å². The molecule has 18 aromatic rings. The predicted molar refractivity (Wildman–Crippen MR) is 561 cm³/mol. The summed E-state index contributed by atoms with van der Waals surface area (Å²) in [6.45, 7) is 2.99. The van der Waals surface area contributed by atoms with Gasteiger partial charge in [0.1, 0.15) is 32.9 Å². The largest absolute Gasteiger partial charge is 0.496 e. The molecule has 0 fully saturated rings. The first-order valence-electron chi connectivity index (χ1n) is 42.5. The number of benzene rings is 14. The number of hydrazine groups is 1. The number of H-pyrrole nitrogens is 4. The molecule has 36 heteroatoms. The third-order valence-electron chi connectivity index (χ3n) is 22.5. The van der Waals surface area contributed by atoms with Crippen molar-refractivity contribution in [2.45, 2.75) is 39.4 Å². The van der Waals surface area contributed by atoms with Gasteiger partial charge in [0, 0.05) is 135 Å². The average Bonchev–Trinajstić information content (AvgIpc) is 0.746. The number of nitrogen functional groups attached to an aromatic ring is 1. The Bertz CT molecular complexity index is 8220. The summed E-state index contributed by atoms with van der Waals surface area (Å²) in [6.07, 6.45) is 0. The highest BCUT2D eigenvalue weighted by atomic mass is 35.5. The van der Waals surface area contributed by atoms with Crippen LogP contribution in [0.1, 0.15) is 18.1 Å². The van der Waals surface area contributed by atoms with Gasteiger partial charge in [-0.15, -0.1) is 4.83 Å². The topological polar surface area (TPSA) is 359 Å². The fourth-order valence-electron chi connectivity index (χ4n) is 15.8. The lowest BCUT2D eigenvalue weighted by molar-refractivity contribution is -0.115. The fourth-order valence-corrected chi connectivity index (χ4v) is 21.8. The number of hydrogen-bond acceptors (Lipinski definition) is 20. The van der Waals surface area contributed by atoms with E-state index in [0.29, 0.717) is 47.2 Å². The Morgan fingerprint density at radius 3 is 1.34 bits per heavy atom. The lowest BCUT2D eigenvalue weighted by atomic mass is 10.0. The Hall–Kier alpha value is -14.1. The molecule has 694 valence electrons. The number of hydrogen-bond donors (Lipinski definition) is 13. The fraction of sp³-hybridized carbons (Fsp3) is 0.0990. The van der Waals surface area contributed by atoms with Gasteiger partial charge in [-0.3, -0.25) is 20.0 Å². The summed E-state index contributed by atoms with van der Waals surface area (Å²) in [5.41, 5.74) is 22.3. The molecule has 2 unspecified atom stereocenters. The average molecular weight is 2000 g/mol. The second-order valence-electron chi connectivity index (χ2n) is 31.2. The molecule has 3 aliphatic heterocycles. The number of fused-ring (bicyclic) bond motifs is 11. The Kier molecular flexibility index (Phi) is 29.5. The van der Waals surface area contributed by atoms with Crippen molar-refractivity contribution in [3.63, 3.8) is 0 Å². The van der Waals surface area contributed by atoms with Gasteiger partial charge in [-0.05, 0) is 164 Å². The molecule has 0 bridgehead atoms. The van der Waals surface area contributed by atoms with Gasteiger partial charge in [0.05, 0.1) is 79.1 Å². The number of methoxy groups -OCH3 is 2. The number of pyridine rings is 4. The molecule has 0 spiro atoms. The molecule has 0 saturated carbocycles. The second kappa shape index (κ2) is 42.0. The van der Waals surface area contributed by atoms with Crippen LogP contribution in [0.2, 0.25) is 0 Å². The number of carbonyl (C=O) groups excluding carboxylic acids is 2. The highest BCUT2D eigenvalue weighted by molar-refractivity contribution is 7.90. The third kappa shape index (κ3) is 21.4. The number of nitrogens with two attached hydrogens (primary N) is 1. The highest BCUT2D eigenvalue weighted by Crippen LogP contribution is 2.39. The minimum atomic E-state index is -3.56. The summed E-state index contributed by atoms with van der Waals surface area (Å²) in [6, 6.07) is 94.4. The van der Waals surface area contributed by atoms with E-state index in [1.165, 1.54) is 18.2 Å². The number of anilines is 7. The van der Waals surface area contributed by atoms with Crippen molar-refractivity contribution in [3.8, 4) is 22.6 Å². The molecule has 4 aromatic heterocycles.